The van der Waals surface area contributed by atoms with Crippen molar-refractivity contribution in [3.8, 4) is 11.8 Å². The average molecular weight is 208 g/mol. The number of phenols is 1. The van der Waals surface area contributed by atoms with Gasteiger partial charge in [0.25, 0.3) is 0 Å². The molecule has 0 radical (unpaired) electrons. The maximum absolute atomic E-state index is 13.1. The van der Waals surface area contributed by atoms with Crippen molar-refractivity contribution in [1.82, 2.24) is 0 Å². The van der Waals surface area contributed by atoms with Crippen LogP contribution in [-0.2, 0) is 6.42 Å². The number of aryl methyl sites for hydroxylation is 1. The molecule has 0 heterocycles. The lowest BCUT2D eigenvalue weighted by Gasteiger charge is -2.04. The molecule has 0 saturated carbocycles. The second kappa shape index (κ2) is 5.32. The average Bonchev–Trinajstić information content (AvgIpc) is 2.23. The Morgan fingerprint density at radius 1 is 1.40 bits per heavy atom. The quantitative estimate of drug-likeness (QED) is 0.739. The Hall–Kier alpha value is -1.60. The number of aromatic hydroxyl groups is 1. The highest BCUT2D eigenvalue weighted by Crippen LogP contribution is 2.23. The first-order valence-electron chi connectivity index (χ1n) is 4.80. The molecule has 0 aliphatic rings. The smallest absolute Gasteiger partial charge is 0.169 e. The Morgan fingerprint density at radius 3 is 2.73 bits per heavy atom. The number of benzene rings is 1. The summed E-state index contributed by atoms with van der Waals surface area (Å²) in [4.78, 5) is 0. The van der Waals surface area contributed by atoms with Crippen molar-refractivity contribution in [3.63, 3.8) is 0 Å². The third-order valence-electron chi connectivity index (χ3n) is 2.16. The molecule has 0 aliphatic carbocycles. The van der Waals surface area contributed by atoms with E-state index in [0.29, 0.717) is 13.0 Å². The van der Waals surface area contributed by atoms with E-state index in [-0.39, 0.29) is 5.56 Å². The summed E-state index contributed by atoms with van der Waals surface area (Å²) in [7, 11) is 0. The van der Waals surface area contributed by atoms with Crippen LogP contribution in [0.1, 0.15) is 24.0 Å². The fraction of sp³-hybridized carbons (Fsp3) is 0.364. The van der Waals surface area contributed by atoms with Crippen LogP contribution in [-0.4, -0.2) is 11.7 Å². The molecule has 1 rings (SSSR count). The van der Waals surface area contributed by atoms with Gasteiger partial charge in [-0.3, -0.25) is 0 Å². The van der Waals surface area contributed by atoms with E-state index < -0.39 is 11.6 Å². The van der Waals surface area contributed by atoms with Gasteiger partial charge in [0, 0.05) is 0 Å². The summed E-state index contributed by atoms with van der Waals surface area (Å²) in [6.07, 6.45) is 2.39. The number of halogens is 1. The van der Waals surface area contributed by atoms with Crippen molar-refractivity contribution in [2.75, 3.05) is 6.54 Å². The first-order chi connectivity index (χ1) is 7.19. The standard InChI is InChI=1S/C11H13FN2O/c12-10-6-8(3-1-2-4-13)5-9(7-14)11(10)15/h5-6,15H,1-4,13H2. The van der Waals surface area contributed by atoms with Crippen LogP contribution in [0.2, 0.25) is 0 Å². The molecular weight excluding hydrogens is 195 g/mol. The molecular formula is C11H13FN2O. The van der Waals surface area contributed by atoms with E-state index in [1.165, 1.54) is 12.1 Å². The molecule has 1 aromatic carbocycles. The Bertz CT molecular complexity index is 385. The molecule has 80 valence electrons. The second-order valence-corrected chi connectivity index (χ2v) is 3.33. The molecule has 0 atom stereocenters. The summed E-state index contributed by atoms with van der Waals surface area (Å²) >= 11 is 0. The lowest BCUT2D eigenvalue weighted by Crippen LogP contribution is -1.99. The van der Waals surface area contributed by atoms with Gasteiger partial charge in [0.05, 0.1) is 5.56 Å². The molecule has 0 saturated heterocycles. The highest BCUT2D eigenvalue weighted by molar-refractivity contribution is 5.45. The molecule has 15 heavy (non-hydrogen) atoms. The van der Waals surface area contributed by atoms with E-state index in [1.54, 1.807) is 6.07 Å². The highest BCUT2D eigenvalue weighted by Gasteiger charge is 2.08. The van der Waals surface area contributed by atoms with Gasteiger partial charge in [0.2, 0.25) is 0 Å². The predicted octanol–water partition coefficient (Wildman–Crippen LogP) is 1.68. The van der Waals surface area contributed by atoms with Crippen LogP contribution >= 0.6 is 0 Å². The van der Waals surface area contributed by atoms with Crippen molar-refractivity contribution in [1.29, 1.82) is 5.26 Å². The summed E-state index contributed by atoms with van der Waals surface area (Å²) in [6.45, 7) is 0.603. The number of hydrogen-bond acceptors (Lipinski definition) is 3. The molecule has 0 spiro atoms. The first-order valence-corrected chi connectivity index (χ1v) is 4.80. The number of nitrogens with zero attached hydrogens (tertiary/aromatic N) is 1. The number of nitrogens with two attached hydrogens (primary N) is 1. The maximum atomic E-state index is 13.1. The minimum Gasteiger partial charge on any atom is -0.504 e. The van der Waals surface area contributed by atoms with E-state index >= 15 is 0 Å². The van der Waals surface area contributed by atoms with Gasteiger partial charge in [-0.15, -0.1) is 0 Å². The summed E-state index contributed by atoms with van der Waals surface area (Å²) in [5, 5.41) is 17.8. The summed E-state index contributed by atoms with van der Waals surface area (Å²) in [6, 6.07) is 4.52. The third kappa shape index (κ3) is 2.93. The van der Waals surface area contributed by atoms with E-state index in [2.05, 4.69) is 0 Å². The Labute approximate surface area is 87.9 Å². The zero-order valence-electron chi connectivity index (χ0n) is 8.33. The van der Waals surface area contributed by atoms with Crippen molar-refractivity contribution >= 4 is 0 Å². The molecule has 0 amide bonds. The fourth-order valence-corrected chi connectivity index (χ4v) is 1.36. The lowest BCUT2D eigenvalue weighted by atomic mass is 10.0. The lowest BCUT2D eigenvalue weighted by molar-refractivity contribution is 0.430. The summed E-state index contributed by atoms with van der Waals surface area (Å²) < 4.78 is 13.1. The first kappa shape index (κ1) is 11.5. The molecule has 0 unspecified atom stereocenters. The molecule has 0 fully saturated rings. The Morgan fingerprint density at radius 2 is 2.13 bits per heavy atom. The predicted molar refractivity (Wildman–Crippen MR) is 54.8 cm³/mol. The molecule has 1 aromatic rings. The van der Waals surface area contributed by atoms with Gasteiger partial charge < -0.3 is 10.8 Å². The monoisotopic (exact) mass is 208 g/mol. The topological polar surface area (TPSA) is 70.0 Å². The summed E-state index contributed by atoms with van der Waals surface area (Å²) in [5.41, 5.74) is 6.04. The maximum Gasteiger partial charge on any atom is 0.169 e. The van der Waals surface area contributed by atoms with E-state index in [9.17, 15) is 9.50 Å². The van der Waals surface area contributed by atoms with Gasteiger partial charge in [-0.2, -0.15) is 5.26 Å². The van der Waals surface area contributed by atoms with Gasteiger partial charge in [-0.1, -0.05) is 0 Å². The van der Waals surface area contributed by atoms with E-state index in [4.69, 9.17) is 11.0 Å². The van der Waals surface area contributed by atoms with Crippen LogP contribution in [0.25, 0.3) is 0 Å². The van der Waals surface area contributed by atoms with Gasteiger partial charge >= 0.3 is 0 Å². The summed E-state index contributed by atoms with van der Waals surface area (Å²) in [5.74, 6) is -1.31. The zero-order valence-corrected chi connectivity index (χ0v) is 8.33. The minimum atomic E-state index is -0.739. The Balaban J connectivity index is 2.83. The van der Waals surface area contributed by atoms with Gasteiger partial charge in [-0.25, -0.2) is 4.39 Å². The minimum absolute atomic E-state index is 0.0160. The number of phenolic OH excluding ortho intramolecular Hbond substituents is 1. The van der Waals surface area contributed by atoms with Gasteiger partial charge in [-0.05, 0) is 43.5 Å². The van der Waals surface area contributed by atoms with Crippen LogP contribution in [0.4, 0.5) is 4.39 Å². The number of hydrogen-bond donors (Lipinski definition) is 2. The SMILES string of the molecule is N#Cc1cc(CCCCN)cc(F)c1O. The number of nitriles is 1. The van der Waals surface area contributed by atoms with Crippen LogP contribution in [0.3, 0.4) is 0 Å². The van der Waals surface area contributed by atoms with Gasteiger partial charge in [0.15, 0.2) is 11.6 Å². The number of unbranched alkanes of at least 4 members (excludes halogenated alkanes) is 1. The molecule has 3 nitrogen and oxygen atoms in total. The molecule has 0 aliphatic heterocycles. The van der Waals surface area contributed by atoms with Crippen LogP contribution in [0.15, 0.2) is 12.1 Å². The van der Waals surface area contributed by atoms with E-state index in [1.807, 2.05) is 0 Å². The van der Waals surface area contributed by atoms with Crippen LogP contribution in [0, 0.1) is 17.1 Å². The van der Waals surface area contributed by atoms with Crippen molar-refractivity contribution in [2.45, 2.75) is 19.3 Å². The fourth-order valence-electron chi connectivity index (χ4n) is 1.36. The highest BCUT2D eigenvalue weighted by atomic mass is 19.1. The van der Waals surface area contributed by atoms with E-state index in [0.717, 1.165) is 18.4 Å². The normalized spacial score (nSPS) is 9.93. The second-order valence-electron chi connectivity index (χ2n) is 3.33. The molecule has 0 bridgehead atoms. The Kier molecular flexibility index (Phi) is 4.07. The molecule has 3 N–H and O–H groups in total. The van der Waals surface area contributed by atoms with Crippen molar-refractivity contribution in [2.24, 2.45) is 5.73 Å². The number of rotatable bonds is 4. The van der Waals surface area contributed by atoms with Crippen LogP contribution in [0.5, 0.6) is 5.75 Å². The van der Waals surface area contributed by atoms with Crippen molar-refractivity contribution in [3.05, 3.63) is 29.1 Å². The largest absolute Gasteiger partial charge is 0.504 e. The van der Waals surface area contributed by atoms with Gasteiger partial charge in [0.1, 0.15) is 6.07 Å². The van der Waals surface area contributed by atoms with Crippen molar-refractivity contribution < 1.29 is 9.50 Å². The zero-order chi connectivity index (χ0) is 11.3. The third-order valence-corrected chi connectivity index (χ3v) is 2.16. The molecule has 0 aromatic heterocycles. The van der Waals surface area contributed by atoms with Crippen LogP contribution < -0.4 is 5.73 Å². The molecule has 4 heteroatoms.